The van der Waals surface area contributed by atoms with Crippen molar-refractivity contribution in [3.8, 4) is 0 Å². The van der Waals surface area contributed by atoms with Gasteiger partial charge in [-0.3, -0.25) is 19.4 Å². The lowest BCUT2D eigenvalue weighted by molar-refractivity contribution is -0.646. The predicted octanol–water partition coefficient (Wildman–Crippen LogP) is 0.405. The van der Waals surface area contributed by atoms with Crippen molar-refractivity contribution in [1.82, 2.24) is 24.5 Å². The Kier molecular flexibility index (Phi) is 6.80. The molecule has 0 radical (unpaired) electrons. The Morgan fingerprint density at radius 2 is 1.92 bits per heavy atom. The highest BCUT2D eigenvalue weighted by Gasteiger charge is 2.55. The van der Waals surface area contributed by atoms with Gasteiger partial charge in [0.05, 0.1) is 29.8 Å². The van der Waals surface area contributed by atoms with Crippen LogP contribution in [0.15, 0.2) is 59.9 Å². The van der Waals surface area contributed by atoms with Gasteiger partial charge in [-0.2, -0.15) is 9.04 Å². The van der Waals surface area contributed by atoms with Crippen LogP contribution in [0, 0.1) is 5.21 Å². The molecule has 4 heterocycles. The molecule has 2 aromatic heterocycles. The molecule has 2 amide bonds. The first-order valence-corrected chi connectivity index (χ1v) is 13.7. The van der Waals surface area contributed by atoms with E-state index in [1.165, 1.54) is 29.3 Å². The number of sulfonamides is 1. The van der Waals surface area contributed by atoms with Crippen molar-refractivity contribution in [1.29, 1.82) is 0 Å². The molecule has 12 nitrogen and oxygen atoms in total. The summed E-state index contributed by atoms with van der Waals surface area (Å²) >= 11 is 0. The number of Topliss-reactive ketones (excluding diaryl/α,β-unsaturated/α-hetero) is 1. The number of aromatic nitrogens is 3. The van der Waals surface area contributed by atoms with Crippen LogP contribution in [-0.2, 0) is 19.6 Å². The van der Waals surface area contributed by atoms with E-state index in [4.69, 9.17) is 0 Å². The summed E-state index contributed by atoms with van der Waals surface area (Å²) < 4.78 is 27.7. The van der Waals surface area contributed by atoms with E-state index in [0.717, 1.165) is 10.5 Å². The summed E-state index contributed by atoms with van der Waals surface area (Å²) in [5.74, 6) is -1.47. The van der Waals surface area contributed by atoms with Gasteiger partial charge in [0, 0.05) is 18.7 Å². The number of nitrogens with zero attached hydrogens (tertiary/aromatic N) is 5. The van der Waals surface area contributed by atoms with Gasteiger partial charge in [-0.25, -0.2) is 13.4 Å². The van der Waals surface area contributed by atoms with E-state index in [2.05, 4.69) is 15.3 Å². The van der Waals surface area contributed by atoms with Gasteiger partial charge in [-0.05, 0) is 31.0 Å². The first-order chi connectivity index (χ1) is 18.2. The van der Waals surface area contributed by atoms with Gasteiger partial charge in [-0.1, -0.05) is 25.5 Å². The van der Waals surface area contributed by atoms with Crippen molar-refractivity contribution in [2.75, 3.05) is 13.1 Å². The predicted molar refractivity (Wildman–Crippen MR) is 134 cm³/mol. The van der Waals surface area contributed by atoms with Gasteiger partial charge >= 0.3 is 15.0 Å². The first kappa shape index (κ1) is 25.7. The number of rotatable bonds is 7. The SMILES string of the molecule is CCCC(NC(=O)c1cnc2ccccc2n1)C(=O)N1CCC2C1C(=O)CN2S(=O)(=O)c1cccc[n+]1[O-]. The number of amides is 2. The van der Waals surface area contributed by atoms with Crippen molar-refractivity contribution in [2.45, 2.75) is 49.3 Å². The highest BCUT2D eigenvalue weighted by molar-refractivity contribution is 7.89. The van der Waals surface area contributed by atoms with Crippen molar-refractivity contribution in [3.05, 3.63) is 65.8 Å². The van der Waals surface area contributed by atoms with E-state index in [1.807, 2.05) is 13.0 Å². The molecule has 13 heteroatoms. The summed E-state index contributed by atoms with van der Waals surface area (Å²) in [5.41, 5.74) is 1.22. The lowest BCUT2D eigenvalue weighted by Crippen LogP contribution is -2.52. The molecule has 0 aliphatic carbocycles. The average Bonchev–Trinajstić information content (AvgIpc) is 3.49. The third-order valence-corrected chi connectivity index (χ3v) is 8.75. The Balaban J connectivity index is 1.35. The third kappa shape index (κ3) is 4.47. The monoisotopic (exact) mass is 538 g/mol. The lowest BCUT2D eigenvalue weighted by Gasteiger charge is -2.28. The molecule has 5 rings (SSSR count). The number of benzene rings is 1. The molecule has 2 fully saturated rings. The number of pyridine rings is 1. The Morgan fingerprint density at radius 1 is 1.18 bits per heavy atom. The smallest absolute Gasteiger partial charge is 0.323 e. The van der Waals surface area contributed by atoms with Crippen LogP contribution in [0.3, 0.4) is 0 Å². The molecule has 0 saturated carbocycles. The highest BCUT2D eigenvalue weighted by atomic mass is 32.2. The van der Waals surface area contributed by atoms with Gasteiger partial charge in [0.2, 0.25) is 5.91 Å². The van der Waals surface area contributed by atoms with Gasteiger partial charge in [0.1, 0.15) is 17.8 Å². The molecule has 3 aromatic rings. The minimum absolute atomic E-state index is 0.0555. The third-order valence-electron chi connectivity index (χ3n) is 6.88. The van der Waals surface area contributed by atoms with Crippen LogP contribution in [0.4, 0.5) is 0 Å². The van der Waals surface area contributed by atoms with Crippen molar-refractivity contribution < 1.29 is 27.5 Å². The van der Waals surface area contributed by atoms with Crippen LogP contribution in [0.2, 0.25) is 0 Å². The molecule has 3 atom stereocenters. The maximum absolute atomic E-state index is 13.6. The summed E-state index contributed by atoms with van der Waals surface area (Å²) in [6.07, 6.45) is 3.54. The number of ketones is 1. The zero-order valence-corrected chi connectivity index (χ0v) is 21.4. The molecule has 2 aliphatic rings. The van der Waals surface area contributed by atoms with Gasteiger partial charge < -0.3 is 15.4 Å². The number of para-hydroxylation sites is 2. The molecule has 1 aromatic carbocycles. The maximum Gasteiger partial charge on any atom is 0.323 e. The van der Waals surface area contributed by atoms with E-state index >= 15 is 0 Å². The number of hydrogen-bond acceptors (Lipinski definition) is 8. The van der Waals surface area contributed by atoms with E-state index in [-0.39, 0.29) is 23.4 Å². The minimum atomic E-state index is -4.27. The van der Waals surface area contributed by atoms with E-state index in [1.54, 1.807) is 18.2 Å². The summed E-state index contributed by atoms with van der Waals surface area (Å²) in [4.78, 5) is 49.5. The number of nitrogens with one attached hydrogen (secondary N) is 1. The average molecular weight is 539 g/mol. The fraction of sp³-hybridized carbons (Fsp3) is 0.360. The Labute approximate surface area is 218 Å². The molecule has 198 valence electrons. The number of fused-ring (bicyclic) bond motifs is 2. The molecule has 1 N–H and O–H groups in total. The second kappa shape index (κ2) is 10.1. The summed E-state index contributed by atoms with van der Waals surface area (Å²) in [6.45, 7) is 1.57. The summed E-state index contributed by atoms with van der Waals surface area (Å²) in [5, 5.41) is 14.4. The van der Waals surface area contributed by atoms with E-state index in [0.29, 0.717) is 23.9 Å². The zero-order chi connectivity index (χ0) is 27.0. The summed E-state index contributed by atoms with van der Waals surface area (Å²) in [6, 6.07) is 8.40. The normalized spacial score (nSPS) is 20.4. The number of carbonyl (C=O) groups excluding carboxylic acids is 3. The quantitative estimate of drug-likeness (QED) is 0.335. The summed E-state index contributed by atoms with van der Waals surface area (Å²) in [7, 11) is -4.27. The topological polar surface area (TPSA) is 157 Å². The standard InChI is InChI=1S/C25H26N6O6S/c1-2-7-18(28-24(33)19-14-26-16-8-3-4-9-17(16)27-19)25(34)29-13-11-20-23(29)21(32)15-31(20)38(36,37)22-10-5-6-12-30(22)35/h3-6,8-10,12,14,18,20,23H,2,7,11,13,15H2,1H3,(H,28,33). The number of carbonyl (C=O) groups is 3. The Bertz CT molecular complexity index is 1530. The van der Waals surface area contributed by atoms with Crippen LogP contribution in [0.1, 0.15) is 36.7 Å². The maximum atomic E-state index is 13.6. The van der Waals surface area contributed by atoms with Gasteiger partial charge in [0.25, 0.3) is 5.91 Å². The van der Waals surface area contributed by atoms with Crippen molar-refractivity contribution in [3.63, 3.8) is 0 Å². The van der Waals surface area contributed by atoms with E-state index < -0.39 is 57.3 Å². The molecule has 0 spiro atoms. The van der Waals surface area contributed by atoms with Gasteiger partial charge in [0.15, 0.2) is 12.0 Å². The highest BCUT2D eigenvalue weighted by Crippen LogP contribution is 2.34. The fourth-order valence-electron chi connectivity index (χ4n) is 5.12. The van der Waals surface area contributed by atoms with Crippen LogP contribution in [0.25, 0.3) is 11.0 Å². The molecular formula is C25H26N6O6S. The number of hydrogen-bond donors (Lipinski definition) is 1. The van der Waals surface area contributed by atoms with E-state index in [9.17, 15) is 28.0 Å². The van der Waals surface area contributed by atoms with Gasteiger partial charge in [-0.15, -0.1) is 0 Å². The Hall–Kier alpha value is -3.97. The first-order valence-electron chi connectivity index (χ1n) is 12.3. The molecule has 0 bridgehead atoms. The van der Waals surface area contributed by atoms with Crippen LogP contribution in [0.5, 0.6) is 0 Å². The molecule has 2 aliphatic heterocycles. The fourth-order valence-corrected chi connectivity index (χ4v) is 6.77. The molecule has 38 heavy (non-hydrogen) atoms. The zero-order valence-electron chi connectivity index (χ0n) is 20.6. The second-order valence-corrected chi connectivity index (χ2v) is 11.1. The van der Waals surface area contributed by atoms with Crippen LogP contribution >= 0.6 is 0 Å². The largest absolute Gasteiger partial charge is 0.618 e. The van der Waals surface area contributed by atoms with Crippen LogP contribution < -0.4 is 10.0 Å². The molecular weight excluding hydrogens is 512 g/mol. The van der Waals surface area contributed by atoms with Crippen molar-refractivity contribution in [2.24, 2.45) is 0 Å². The Morgan fingerprint density at radius 3 is 2.66 bits per heavy atom. The second-order valence-electron chi connectivity index (χ2n) is 9.27. The van der Waals surface area contributed by atoms with Crippen LogP contribution in [-0.4, -0.2) is 76.4 Å². The number of likely N-dealkylation sites (tertiary alicyclic amines) is 1. The lowest BCUT2D eigenvalue weighted by atomic mass is 10.1. The molecule has 2 saturated heterocycles. The van der Waals surface area contributed by atoms with Crippen molar-refractivity contribution >= 4 is 38.7 Å². The molecule has 3 unspecified atom stereocenters. The minimum Gasteiger partial charge on any atom is -0.618 e.